The Bertz CT molecular complexity index is 559. The Labute approximate surface area is 103 Å². The molecule has 86 valence electrons. The third-order valence-corrected chi connectivity index (χ3v) is 2.19. The Hall–Kier alpha value is -2.14. The van der Waals surface area contributed by atoms with E-state index in [9.17, 15) is 0 Å². The van der Waals surface area contributed by atoms with E-state index in [-0.39, 0.29) is 5.84 Å². The molecule has 0 bridgehead atoms. The van der Waals surface area contributed by atoms with Crippen molar-refractivity contribution in [3.05, 3.63) is 47.5 Å². The van der Waals surface area contributed by atoms with Crippen molar-refractivity contribution < 1.29 is 4.74 Å². The second-order valence-corrected chi connectivity index (χ2v) is 3.66. The molecule has 0 aliphatic heterocycles. The van der Waals surface area contributed by atoms with Crippen molar-refractivity contribution in [3.8, 4) is 11.5 Å². The first-order valence-electron chi connectivity index (χ1n) is 4.73. The van der Waals surface area contributed by atoms with Gasteiger partial charge in [-0.05, 0) is 6.07 Å². The van der Waals surface area contributed by atoms with Crippen LogP contribution in [0.25, 0.3) is 0 Å². The zero-order chi connectivity index (χ0) is 12.3. The van der Waals surface area contributed by atoms with E-state index in [0.29, 0.717) is 22.1 Å². The summed E-state index contributed by atoms with van der Waals surface area (Å²) in [7, 11) is 0. The molecule has 0 atom stereocenters. The maximum atomic E-state index is 7.41. The molecule has 0 aliphatic rings. The number of nitrogens with two attached hydrogens (primary N) is 1. The first-order valence-corrected chi connectivity index (χ1v) is 5.11. The van der Waals surface area contributed by atoms with Gasteiger partial charge in [-0.25, -0.2) is 0 Å². The molecule has 0 saturated carbocycles. The molecule has 0 aromatic carbocycles. The van der Waals surface area contributed by atoms with Gasteiger partial charge in [-0.15, -0.1) is 0 Å². The fraction of sp³-hybridized carbons (Fsp3) is 0. The Morgan fingerprint density at radius 2 is 2.12 bits per heavy atom. The Balaban J connectivity index is 2.33. The number of nitrogens with zero attached hydrogens (tertiary/aromatic N) is 2. The summed E-state index contributed by atoms with van der Waals surface area (Å²) in [5.41, 5.74) is 5.90. The molecule has 2 aromatic rings. The zero-order valence-electron chi connectivity index (χ0n) is 8.72. The average molecular weight is 249 g/mol. The van der Waals surface area contributed by atoms with Crippen LogP contribution < -0.4 is 10.5 Å². The fourth-order valence-electron chi connectivity index (χ4n) is 1.26. The summed E-state index contributed by atoms with van der Waals surface area (Å²) >= 11 is 5.79. The van der Waals surface area contributed by atoms with E-state index in [1.54, 1.807) is 18.3 Å². The lowest BCUT2D eigenvalue weighted by Gasteiger charge is -2.08. The predicted octanol–water partition coefficient (Wildman–Crippen LogP) is 2.21. The van der Waals surface area contributed by atoms with Crippen LogP contribution in [0.4, 0.5) is 0 Å². The topological polar surface area (TPSA) is 84.9 Å². The molecule has 2 aromatic heterocycles. The van der Waals surface area contributed by atoms with Crippen LogP contribution in [0.15, 0.2) is 36.9 Å². The zero-order valence-corrected chi connectivity index (χ0v) is 9.48. The molecule has 6 heteroatoms. The van der Waals surface area contributed by atoms with Gasteiger partial charge in [0.25, 0.3) is 0 Å². The van der Waals surface area contributed by atoms with Gasteiger partial charge in [-0.3, -0.25) is 15.4 Å². The highest BCUT2D eigenvalue weighted by molar-refractivity contribution is 6.30. The van der Waals surface area contributed by atoms with E-state index in [0.717, 1.165) is 0 Å². The molecular formula is C11H9ClN4O. The van der Waals surface area contributed by atoms with E-state index >= 15 is 0 Å². The van der Waals surface area contributed by atoms with Gasteiger partial charge in [0.1, 0.15) is 11.6 Å². The number of amidine groups is 1. The van der Waals surface area contributed by atoms with Gasteiger partial charge in [0.05, 0.1) is 23.0 Å². The SMILES string of the molecule is N=C(N)c1ccncc1Oc1cncc(Cl)c1. The van der Waals surface area contributed by atoms with Crippen LogP contribution in [0.3, 0.4) is 0 Å². The monoisotopic (exact) mass is 248 g/mol. The van der Waals surface area contributed by atoms with Gasteiger partial charge in [0.15, 0.2) is 5.75 Å². The molecule has 0 fully saturated rings. The quantitative estimate of drug-likeness (QED) is 0.644. The van der Waals surface area contributed by atoms with E-state index in [1.165, 1.54) is 18.6 Å². The van der Waals surface area contributed by atoms with Crippen LogP contribution in [-0.4, -0.2) is 15.8 Å². The number of ether oxygens (including phenoxy) is 1. The van der Waals surface area contributed by atoms with Crippen LogP contribution in [0, 0.1) is 5.41 Å². The van der Waals surface area contributed by atoms with Gasteiger partial charge in [0.2, 0.25) is 0 Å². The lowest BCUT2D eigenvalue weighted by atomic mass is 10.2. The fourth-order valence-corrected chi connectivity index (χ4v) is 1.42. The van der Waals surface area contributed by atoms with Crippen LogP contribution in [-0.2, 0) is 0 Å². The summed E-state index contributed by atoms with van der Waals surface area (Å²) in [6.45, 7) is 0. The second kappa shape index (κ2) is 4.80. The molecule has 0 unspecified atom stereocenters. The molecule has 0 radical (unpaired) electrons. The number of nitrogen functional groups attached to an aromatic ring is 1. The molecule has 0 amide bonds. The van der Waals surface area contributed by atoms with Crippen molar-refractivity contribution in [2.75, 3.05) is 0 Å². The van der Waals surface area contributed by atoms with Gasteiger partial charge in [-0.2, -0.15) is 0 Å². The van der Waals surface area contributed by atoms with Gasteiger partial charge in [0, 0.05) is 18.5 Å². The summed E-state index contributed by atoms with van der Waals surface area (Å²) in [5, 5.41) is 7.88. The molecular weight excluding hydrogens is 240 g/mol. The normalized spacial score (nSPS) is 9.94. The number of halogens is 1. The largest absolute Gasteiger partial charge is 0.453 e. The Kier molecular flexibility index (Phi) is 3.20. The standard InChI is InChI=1S/C11H9ClN4O/c12-7-3-8(5-16-4-7)17-10-6-15-2-1-9(10)11(13)14/h1-6H,(H3,13,14). The number of aromatic nitrogens is 2. The number of hydrogen-bond acceptors (Lipinski definition) is 4. The van der Waals surface area contributed by atoms with E-state index in [4.69, 9.17) is 27.5 Å². The average Bonchev–Trinajstić information content (AvgIpc) is 2.29. The van der Waals surface area contributed by atoms with Crippen LogP contribution in [0.5, 0.6) is 11.5 Å². The molecule has 2 heterocycles. The first-order chi connectivity index (χ1) is 8.16. The van der Waals surface area contributed by atoms with Crippen LogP contribution >= 0.6 is 11.6 Å². The van der Waals surface area contributed by atoms with E-state index in [2.05, 4.69) is 9.97 Å². The number of rotatable bonds is 3. The van der Waals surface area contributed by atoms with Crippen molar-refractivity contribution in [3.63, 3.8) is 0 Å². The number of nitrogens with one attached hydrogen (secondary N) is 1. The molecule has 5 nitrogen and oxygen atoms in total. The second-order valence-electron chi connectivity index (χ2n) is 3.23. The van der Waals surface area contributed by atoms with Gasteiger partial charge in [-0.1, -0.05) is 11.6 Å². The van der Waals surface area contributed by atoms with Gasteiger partial charge < -0.3 is 10.5 Å². The number of pyridine rings is 2. The summed E-state index contributed by atoms with van der Waals surface area (Å²) in [6.07, 6.45) is 6.05. The van der Waals surface area contributed by atoms with E-state index < -0.39 is 0 Å². The highest BCUT2D eigenvalue weighted by atomic mass is 35.5. The van der Waals surface area contributed by atoms with Crippen molar-refractivity contribution in [2.24, 2.45) is 5.73 Å². The number of hydrogen-bond donors (Lipinski definition) is 2. The maximum absolute atomic E-state index is 7.41. The summed E-state index contributed by atoms with van der Waals surface area (Å²) in [5.74, 6) is 0.773. The molecule has 17 heavy (non-hydrogen) atoms. The van der Waals surface area contributed by atoms with Crippen LogP contribution in [0.2, 0.25) is 5.02 Å². The van der Waals surface area contributed by atoms with Crippen LogP contribution in [0.1, 0.15) is 5.56 Å². The van der Waals surface area contributed by atoms with Crippen molar-refractivity contribution in [2.45, 2.75) is 0 Å². The summed E-state index contributed by atoms with van der Waals surface area (Å²) < 4.78 is 5.52. The Morgan fingerprint density at radius 3 is 2.82 bits per heavy atom. The molecule has 0 saturated heterocycles. The highest BCUT2D eigenvalue weighted by Crippen LogP contribution is 2.25. The summed E-state index contributed by atoms with van der Waals surface area (Å²) in [6, 6.07) is 3.22. The molecule has 2 rings (SSSR count). The van der Waals surface area contributed by atoms with Crippen molar-refractivity contribution in [1.82, 2.24) is 9.97 Å². The minimum Gasteiger partial charge on any atom is -0.453 e. The molecule has 3 N–H and O–H groups in total. The van der Waals surface area contributed by atoms with E-state index in [1.807, 2.05) is 0 Å². The smallest absolute Gasteiger partial charge is 0.156 e. The minimum absolute atomic E-state index is 0.0858. The van der Waals surface area contributed by atoms with Crippen molar-refractivity contribution >= 4 is 17.4 Å². The lowest BCUT2D eigenvalue weighted by molar-refractivity contribution is 0.477. The molecule has 0 spiro atoms. The third kappa shape index (κ3) is 2.70. The minimum atomic E-state index is -0.0858. The maximum Gasteiger partial charge on any atom is 0.156 e. The van der Waals surface area contributed by atoms with Gasteiger partial charge >= 0.3 is 0 Å². The Morgan fingerprint density at radius 1 is 1.29 bits per heavy atom. The third-order valence-electron chi connectivity index (χ3n) is 1.98. The highest BCUT2D eigenvalue weighted by Gasteiger charge is 2.07. The molecule has 0 aliphatic carbocycles. The lowest BCUT2D eigenvalue weighted by Crippen LogP contribution is -2.12. The summed E-state index contributed by atoms with van der Waals surface area (Å²) in [4.78, 5) is 7.81. The van der Waals surface area contributed by atoms with Crippen molar-refractivity contribution in [1.29, 1.82) is 5.41 Å². The first kappa shape index (κ1) is 11.3. The predicted molar refractivity (Wildman–Crippen MR) is 64.6 cm³/mol.